The number of carbonyl (C=O) groups is 1. The maximum absolute atomic E-state index is 12.7. The molecular formula is C23H31N7O4. The zero-order chi connectivity index (χ0) is 24.4. The first-order chi connectivity index (χ1) is 16.3. The second-order valence-electron chi connectivity index (χ2n) is 8.90. The third-order valence-electron chi connectivity index (χ3n) is 5.99. The lowest BCUT2D eigenvalue weighted by atomic mass is 10.0. The number of hydrogen-bond acceptors (Lipinski definition) is 9. The van der Waals surface area contributed by atoms with E-state index in [9.17, 15) is 15.0 Å². The molecule has 5 atom stereocenters. The molecule has 0 radical (unpaired) electrons. The van der Waals surface area contributed by atoms with E-state index in [1.807, 2.05) is 50.2 Å². The van der Waals surface area contributed by atoms with E-state index in [1.165, 1.54) is 12.7 Å². The Morgan fingerprint density at radius 1 is 1.26 bits per heavy atom. The summed E-state index contributed by atoms with van der Waals surface area (Å²) in [6.07, 6.45) is 0.727. The van der Waals surface area contributed by atoms with Crippen LogP contribution < -0.4 is 16.0 Å². The molecule has 0 bridgehead atoms. The van der Waals surface area contributed by atoms with Crippen LogP contribution in [0.5, 0.6) is 0 Å². The smallest absolute Gasteiger partial charge is 0.221 e. The third kappa shape index (κ3) is 4.87. The van der Waals surface area contributed by atoms with Gasteiger partial charge in [-0.15, -0.1) is 0 Å². The van der Waals surface area contributed by atoms with Crippen LogP contribution >= 0.6 is 0 Å². The highest BCUT2D eigenvalue weighted by Gasteiger charge is 2.45. The number of anilines is 1. The second kappa shape index (κ2) is 10.0. The number of carbonyl (C=O) groups excluding carboxylic acids is 1. The van der Waals surface area contributed by atoms with E-state index in [0.717, 1.165) is 11.1 Å². The SMILES string of the molecule is Cc1ccc(C[C@H](N)CC(=O)NC2C(CO)OC(n3cnc4c(N(C)C)ncnc43)C2O)cc1. The van der Waals surface area contributed by atoms with Gasteiger partial charge in [0.2, 0.25) is 5.91 Å². The van der Waals surface area contributed by atoms with Crippen LogP contribution in [0.3, 0.4) is 0 Å². The topological polar surface area (TPSA) is 152 Å². The fourth-order valence-corrected chi connectivity index (χ4v) is 4.24. The number of amides is 1. The second-order valence-corrected chi connectivity index (χ2v) is 8.90. The van der Waals surface area contributed by atoms with Gasteiger partial charge in [0, 0.05) is 26.6 Å². The van der Waals surface area contributed by atoms with Crippen molar-refractivity contribution >= 4 is 22.9 Å². The molecule has 1 aliphatic rings. The number of nitrogens with zero attached hydrogens (tertiary/aromatic N) is 5. The van der Waals surface area contributed by atoms with Crippen LogP contribution in [0.15, 0.2) is 36.9 Å². The molecule has 1 aliphatic heterocycles. The molecule has 34 heavy (non-hydrogen) atoms. The number of fused-ring (bicyclic) bond motifs is 1. The number of aliphatic hydroxyl groups excluding tert-OH is 2. The minimum atomic E-state index is -1.13. The highest BCUT2D eigenvalue weighted by Crippen LogP contribution is 2.32. The highest BCUT2D eigenvalue weighted by atomic mass is 16.5. The van der Waals surface area contributed by atoms with Gasteiger partial charge in [-0.3, -0.25) is 9.36 Å². The van der Waals surface area contributed by atoms with Gasteiger partial charge in [0.05, 0.1) is 19.0 Å². The summed E-state index contributed by atoms with van der Waals surface area (Å²) < 4.78 is 7.49. The lowest BCUT2D eigenvalue weighted by Gasteiger charge is -2.22. The fourth-order valence-electron chi connectivity index (χ4n) is 4.24. The van der Waals surface area contributed by atoms with Crippen molar-refractivity contribution in [2.24, 2.45) is 5.73 Å². The summed E-state index contributed by atoms with van der Waals surface area (Å²) in [4.78, 5) is 27.4. The van der Waals surface area contributed by atoms with Gasteiger partial charge in [0.25, 0.3) is 0 Å². The number of ether oxygens (including phenoxy) is 1. The molecule has 0 saturated carbocycles. The van der Waals surface area contributed by atoms with Crippen LogP contribution in [0.1, 0.15) is 23.8 Å². The van der Waals surface area contributed by atoms with E-state index < -0.39 is 24.5 Å². The quantitative estimate of drug-likeness (QED) is 0.354. The Labute approximate surface area is 197 Å². The molecule has 11 nitrogen and oxygen atoms in total. The van der Waals surface area contributed by atoms with Crippen molar-refractivity contribution in [2.45, 2.75) is 50.3 Å². The van der Waals surface area contributed by atoms with Crippen molar-refractivity contribution in [1.29, 1.82) is 0 Å². The van der Waals surface area contributed by atoms with Crippen molar-refractivity contribution in [2.75, 3.05) is 25.6 Å². The van der Waals surface area contributed by atoms with E-state index in [4.69, 9.17) is 10.5 Å². The van der Waals surface area contributed by atoms with Gasteiger partial charge in [-0.2, -0.15) is 0 Å². The molecule has 2 aromatic heterocycles. The number of nitrogens with one attached hydrogen (secondary N) is 1. The normalized spacial score (nSPS) is 23.2. The van der Waals surface area contributed by atoms with Crippen molar-refractivity contribution in [1.82, 2.24) is 24.8 Å². The summed E-state index contributed by atoms with van der Waals surface area (Å²) >= 11 is 0. The van der Waals surface area contributed by atoms with Crippen LogP contribution in [0.2, 0.25) is 0 Å². The first kappa shape index (κ1) is 24.0. The van der Waals surface area contributed by atoms with Crippen molar-refractivity contribution in [3.05, 3.63) is 48.0 Å². The molecule has 182 valence electrons. The Bertz CT molecular complexity index is 1130. The predicted molar refractivity (Wildman–Crippen MR) is 126 cm³/mol. The van der Waals surface area contributed by atoms with Crippen molar-refractivity contribution < 1.29 is 19.7 Å². The first-order valence-electron chi connectivity index (χ1n) is 11.2. The van der Waals surface area contributed by atoms with Gasteiger partial charge in [-0.05, 0) is 18.9 Å². The Morgan fingerprint density at radius 3 is 2.68 bits per heavy atom. The van der Waals surface area contributed by atoms with E-state index in [2.05, 4.69) is 20.3 Å². The third-order valence-corrected chi connectivity index (χ3v) is 5.99. The standard InChI is InChI=1S/C23H31N7O4/c1-13-4-6-14(7-5-13)8-15(24)9-17(32)28-18-16(10-31)34-23(20(18)33)30-12-27-19-21(29(2)3)25-11-26-22(19)30/h4-7,11-12,15-16,18,20,23,31,33H,8-10,24H2,1-3H3,(H,28,32)/t15-,16?,18?,20?,23?/m0/s1. The Kier molecular flexibility index (Phi) is 7.08. The van der Waals surface area contributed by atoms with E-state index in [-0.39, 0.29) is 25.0 Å². The molecule has 0 spiro atoms. The largest absolute Gasteiger partial charge is 0.394 e. The van der Waals surface area contributed by atoms with E-state index >= 15 is 0 Å². The fraction of sp³-hybridized carbons (Fsp3) is 0.478. The van der Waals surface area contributed by atoms with Crippen LogP contribution in [-0.4, -0.2) is 80.6 Å². The summed E-state index contributed by atoms with van der Waals surface area (Å²) in [7, 11) is 3.69. The number of aliphatic hydroxyl groups is 2. The molecule has 5 N–H and O–H groups in total. The van der Waals surface area contributed by atoms with Crippen molar-refractivity contribution in [3.63, 3.8) is 0 Å². The number of nitrogens with two attached hydrogens (primary N) is 1. The minimum absolute atomic E-state index is 0.0767. The summed E-state index contributed by atoms with van der Waals surface area (Å²) in [5.74, 6) is 0.307. The van der Waals surface area contributed by atoms with Gasteiger partial charge in [-0.25, -0.2) is 15.0 Å². The number of benzene rings is 1. The maximum Gasteiger partial charge on any atom is 0.221 e. The molecule has 4 unspecified atom stereocenters. The van der Waals surface area contributed by atoms with E-state index in [0.29, 0.717) is 23.4 Å². The van der Waals surface area contributed by atoms with Crippen molar-refractivity contribution in [3.8, 4) is 0 Å². The molecule has 1 amide bonds. The lowest BCUT2D eigenvalue weighted by Crippen LogP contribution is -2.49. The number of imidazole rings is 1. The zero-order valence-corrected chi connectivity index (χ0v) is 19.5. The zero-order valence-electron chi connectivity index (χ0n) is 19.5. The number of rotatable bonds is 8. The van der Waals surface area contributed by atoms with Gasteiger partial charge in [-0.1, -0.05) is 29.8 Å². The van der Waals surface area contributed by atoms with Crippen LogP contribution in [0.4, 0.5) is 5.82 Å². The summed E-state index contributed by atoms with van der Waals surface area (Å²) in [5.41, 5.74) is 9.43. The molecule has 1 fully saturated rings. The molecule has 3 heterocycles. The van der Waals surface area contributed by atoms with Crippen LogP contribution in [0, 0.1) is 6.92 Å². The lowest BCUT2D eigenvalue weighted by molar-refractivity contribution is -0.123. The molecular weight excluding hydrogens is 438 g/mol. The molecule has 4 rings (SSSR count). The summed E-state index contributed by atoms with van der Waals surface area (Å²) in [6.45, 7) is 1.64. The van der Waals surface area contributed by atoms with Gasteiger partial charge in [0.15, 0.2) is 23.2 Å². The van der Waals surface area contributed by atoms with Gasteiger partial charge >= 0.3 is 0 Å². The molecule has 0 aliphatic carbocycles. The summed E-state index contributed by atoms with van der Waals surface area (Å²) in [5, 5.41) is 23.7. The predicted octanol–water partition coefficient (Wildman–Crippen LogP) is -0.104. The number of aryl methyl sites for hydroxylation is 1. The van der Waals surface area contributed by atoms with Crippen LogP contribution in [0.25, 0.3) is 11.2 Å². The number of aromatic nitrogens is 4. The first-order valence-corrected chi connectivity index (χ1v) is 11.2. The average molecular weight is 470 g/mol. The van der Waals surface area contributed by atoms with Gasteiger partial charge in [0.1, 0.15) is 18.5 Å². The van der Waals surface area contributed by atoms with Crippen LogP contribution in [-0.2, 0) is 16.0 Å². The van der Waals surface area contributed by atoms with E-state index in [1.54, 1.807) is 4.57 Å². The number of hydrogen-bond donors (Lipinski definition) is 4. The highest BCUT2D eigenvalue weighted by molar-refractivity contribution is 5.83. The molecule has 3 aromatic rings. The Hall–Kier alpha value is -3.12. The summed E-state index contributed by atoms with van der Waals surface area (Å²) in [6, 6.07) is 6.80. The average Bonchev–Trinajstić information content (AvgIpc) is 3.36. The maximum atomic E-state index is 12.7. The minimum Gasteiger partial charge on any atom is -0.394 e. The molecule has 1 aromatic carbocycles. The molecule has 1 saturated heterocycles. The van der Waals surface area contributed by atoms with Gasteiger partial charge < -0.3 is 30.9 Å². The monoisotopic (exact) mass is 469 g/mol. The Balaban J connectivity index is 1.45. The Morgan fingerprint density at radius 2 is 2.00 bits per heavy atom. The molecule has 11 heteroatoms.